The average Bonchev–Trinajstić information content (AvgIpc) is 3.08. The number of amides is 1. The zero-order valence-corrected chi connectivity index (χ0v) is 11.6. The topological polar surface area (TPSA) is 56.7 Å². The van der Waals surface area contributed by atoms with Crippen LogP contribution >= 0.6 is 0 Å². The van der Waals surface area contributed by atoms with Crippen molar-refractivity contribution in [3.8, 4) is 0 Å². The van der Waals surface area contributed by atoms with Crippen molar-refractivity contribution < 1.29 is 9.90 Å². The molecule has 1 N–H and O–H groups in total. The van der Waals surface area contributed by atoms with Gasteiger partial charge in [0, 0.05) is 25.5 Å². The fraction of sp³-hybridized carbons (Fsp3) is 0.600. The normalized spacial score (nSPS) is 27.1. The second-order valence-electron chi connectivity index (χ2n) is 5.71. The van der Waals surface area contributed by atoms with Crippen LogP contribution in [0.4, 0.5) is 0 Å². The highest BCUT2D eigenvalue weighted by Gasteiger charge is 2.38. The third kappa shape index (κ3) is 2.83. The van der Waals surface area contributed by atoms with Crippen LogP contribution in [-0.2, 0) is 11.2 Å². The van der Waals surface area contributed by atoms with Crippen LogP contribution in [0.5, 0.6) is 0 Å². The lowest BCUT2D eigenvalue weighted by Gasteiger charge is -2.25. The van der Waals surface area contributed by atoms with E-state index in [-0.39, 0.29) is 11.9 Å². The first-order chi connectivity index (χ1) is 9.74. The molecule has 0 saturated carbocycles. The van der Waals surface area contributed by atoms with E-state index in [1.807, 2.05) is 12.1 Å². The number of carbonyl (C=O) groups is 1. The SMILES string of the molecule is O=C(Cc1cccnc1)N1C[C@@H](O)[C@H](N2CCCC2)C1. The maximum atomic E-state index is 12.3. The standard InChI is InChI=1S/C15H21N3O2/c19-14-11-18(10-13(14)17-6-1-2-7-17)15(20)8-12-4-3-5-16-9-12/h3-5,9,13-14,19H,1-2,6-8,10-11H2/t13-,14-/m1/s1. The van der Waals surface area contributed by atoms with Gasteiger partial charge in [0.15, 0.2) is 0 Å². The molecule has 0 aromatic carbocycles. The van der Waals surface area contributed by atoms with Crippen molar-refractivity contribution in [3.63, 3.8) is 0 Å². The van der Waals surface area contributed by atoms with Gasteiger partial charge in [-0.3, -0.25) is 14.7 Å². The predicted octanol–water partition coefficient (Wildman–Crippen LogP) is 0.292. The fourth-order valence-electron chi connectivity index (χ4n) is 3.19. The first-order valence-corrected chi connectivity index (χ1v) is 7.33. The molecule has 2 atom stereocenters. The van der Waals surface area contributed by atoms with Gasteiger partial charge in [-0.25, -0.2) is 0 Å². The second-order valence-corrected chi connectivity index (χ2v) is 5.71. The maximum absolute atomic E-state index is 12.3. The van der Waals surface area contributed by atoms with Gasteiger partial charge < -0.3 is 10.0 Å². The van der Waals surface area contributed by atoms with Crippen LogP contribution in [0.1, 0.15) is 18.4 Å². The number of aliphatic hydroxyl groups excluding tert-OH is 1. The molecule has 5 nitrogen and oxygen atoms in total. The summed E-state index contributed by atoms with van der Waals surface area (Å²) in [6.45, 7) is 3.21. The van der Waals surface area contributed by atoms with Gasteiger partial charge in [0.1, 0.15) is 0 Å². The molecular weight excluding hydrogens is 254 g/mol. The number of hydrogen-bond donors (Lipinski definition) is 1. The van der Waals surface area contributed by atoms with Crippen molar-refractivity contribution in [2.24, 2.45) is 0 Å². The smallest absolute Gasteiger partial charge is 0.227 e. The third-order valence-corrected chi connectivity index (χ3v) is 4.30. The van der Waals surface area contributed by atoms with Crippen LogP contribution in [0.15, 0.2) is 24.5 Å². The lowest BCUT2D eigenvalue weighted by molar-refractivity contribution is -0.129. The van der Waals surface area contributed by atoms with Crippen LogP contribution in [-0.4, -0.2) is 64.1 Å². The monoisotopic (exact) mass is 275 g/mol. The Hall–Kier alpha value is -1.46. The van der Waals surface area contributed by atoms with E-state index in [9.17, 15) is 9.90 Å². The molecule has 108 valence electrons. The second kappa shape index (κ2) is 5.89. The van der Waals surface area contributed by atoms with Crippen LogP contribution in [0.2, 0.25) is 0 Å². The van der Waals surface area contributed by atoms with Crippen LogP contribution in [0, 0.1) is 0 Å². The molecule has 1 aromatic heterocycles. The lowest BCUT2D eigenvalue weighted by atomic mass is 10.2. The molecule has 0 bridgehead atoms. The number of β-amino-alcohol motifs (C(OH)–C–C–N with tert-alkyl or cyclic N) is 1. The lowest BCUT2D eigenvalue weighted by Crippen LogP contribution is -2.41. The summed E-state index contributed by atoms with van der Waals surface area (Å²) in [7, 11) is 0. The zero-order chi connectivity index (χ0) is 13.9. The molecule has 20 heavy (non-hydrogen) atoms. The molecule has 2 fully saturated rings. The summed E-state index contributed by atoms with van der Waals surface area (Å²) in [4.78, 5) is 20.4. The number of pyridine rings is 1. The molecule has 0 radical (unpaired) electrons. The molecule has 0 spiro atoms. The summed E-state index contributed by atoms with van der Waals surface area (Å²) in [5.41, 5.74) is 0.927. The summed E-state index contributed by atoms with van der Waals surface area (Å²) in [5, 5.41) is 10.2. The van der Waals surface area contributed by atoms with Crippen LogP contribution < -0.4 is 0 Å². The molecule has 3 rings (SSSR count). The van der Waals surface area contributed by atoms with E-state index in [2.05, 4.69) is 9.88 Å². The number of rotatable bonds is 3. The average molecular weight is 275 g/mol. The summed E-state index contributed by atoms with van der Waals surface area (Å²) >= 11 is 0. The van der Waals surface area contributed by atoms with Gasteiger partial charge in [-0.2, -0.15) is 0 Å². The molecular formula is C15H21N3O2. The van der Waals surface area contributed by atoms with Gasteiger partial charge >= 0.3 is 0 Å². The van der Waals surface area contributed by atoms with E-state index >= 15 is 0 Å². The largest absolute Gasteiger partial charge is 0.390 e. The molecule has 3 heterocycles. The Labute approximate surface area is 119 Å². The number of likely N-dealkylation sites (tertiary alicyclic amines) is 2. The minimum absolute atomic E-state index is 0.0822. The summed E-state index contributed by atoms with van der Waals surface area (Å²) in [6.07, 6.45) is 5.79. The number of aliphatic hydroxyl groups is 1. The predicted molar refractivity (Wildman–Crippen MR) is 75.1 cm³/mol. The van der Waals surface area contributed by atoms with Gasteiger partial charge in [-0.1, -0.05) is 6.07 Å². The minimum atomic E-state index is -0.411. The highest BCUT2D eigenvalue weighted by molar-refractivity contribution is 5.79. The number of nitrogens with zero attached hydrogens (tertiary/aromatic N) is 3. The highest BCUT2D eigenvalue weighted by atomic mass is 16.3. The van der Waals surface area contributed by atoms with Crippen molar-refractivity contribution in [2.75, 3.05) is 26.2 Å². The molecule has 1 amide bonds. The van der Waals surface area contributed by atoms with E-state index in [1.54, 1.807) is 17.3 Å². The van der Waals surface area contributed by atoms with Gasteiger partial charge in [0.25, 0.3) is 0 Å². The van der Waals surface area contributed by atoms with Crippen LogP contribution in [0.25, 0.3) is 0 Å². The van der Waals surface area contributed by atoms with Crippen molar-refractivity contribution in [1.29, 1.82) is 0 Å². The van der Waals surface area contributed by atoms with Crippen molar-refractivity contribution >= 4 is 5.91 Å². The van der Waals surface area contributed by atoms with Crippen molar-refractivity contribution in [3.05, 3.63) is 30.1 Å². The third-order valence-electron chi connectivity index (χ3n) is 4.30. The van der Waals surface area contributed by atoms with Gasteiger partial charge in [0.05, 0.1) is 18.6 Å². The number of hydrogen-bond acceptors (Lipinski definition) is 4. The zero-order valence-electron chi connectivity index (χ0n) is 11.6. The highest BCUT2D eigenvalue weighted by Crippen LogP contribution is 2.21. The molecule has 2 aliphatic rings. The van der Waals surface area contributed by atoms with E-state index in [0.717, 1.165) is 18.7 Å². The molecule has 5 heteroatoms. The summed E-state index contributed by atoms with van der Waals surface area (Å²) < 4.78 is 0. The molecule has 2 saturated heterocycles. The minimum Gasteiger partial charge on any atom is -0.390 e. The first-order valence-electron chi connectivity index (χ1n) is 7.33. The van der Waals surface area contributed by atoms with E-state index in [0.29, 0.717) is 19.5 Å². The van der Waals surface area contributed by atoms with E-state index in [4.69, 9.17) is 0 Å². The Kier molecular flexibility index (Phi) is 3.98. The first kappa shape index (κ1) is 13.5. The van der Waals surface area contributed by atoms with Crippen molar-refractivity contribution in [1.82, 2.24) is 14.8 Å². The molecule has 0 aliphatic carbocycles. The Morgan fingerprint density at radius 2 is 2.15 bits per heavy atom. The molecule has 1 aromatic rings. The van der Waals surface area contributed by atoms with Crippen LogP contribution in [0.3, 0.4) is 0 Å². The Balaban J connectivity index is 1.59. The maximum Gasteiger partial charge on any atom is 0.227 e. The van der Waals surface area contributed by atoms with Gasteiger partial charge in [0.2, 0.25) is 5.91 Å². The summed E-state index contributed by atoms with van der Waals surface area (Å²) in [6, 6.07) is 3.87. The quantitative estimate of drug-likeness (QED) is 0.861. The fourth-order valence-corrected chi connectivity index (χ4v) is 3.19. The Morgan fingerprint density at radius 3 is 2.85 bits per heavy atom. The van der Waals surface area contributed by atoms with Gasteiger partial charge in [-0.05, 0) is 37.6 Å². The molecule has 0 unspecified atom stereocenters. The molecule has 2 aliphatic heterocycles. The Bertz CT molecular complexity index is 459. The van der Waals surface area contributed by atoms with Gasteiger partial charge in [-0.15, -0.1) is 0 Å². The van der Waals surface area contributed by atoms with E-state index in [1.165, 1.54) is 12.8 Å². The summed E-state index contributed by atoms with van der Waals surface area (Å²) in [5.74, 6) is 0.0822. The number of aromatic nitrogens is 1. The van der Waals surface area contributed by atoms with Crippen molar-refractivity contribution in [2.45, 2.75) is 31.4 Å². The Morgan fingerprint density at radius 1 is 1.35 bits per heavy atom. The van der Waals surface area contributed by atoms with E-state index < -0.39 is 6.10 Å². The number of carbonyl (C=O) groups excluding carboxylic acids is 1.